The molecule has 1 aromatic rings. The molecule has 1 aromatic heterocycles. The normalized spacial score (nSPS) is 29.2. The van der Waals surface area contributed by atoms with Gasteiger partial charge in [-0.1, -0.05) is 6.42 Å². The van der Waals surface area contributed by atoms with Gasteiger partial charge in [-0.2, -0.15) is 0 Å². The Bertz CT molecular complexity index is 406. The summed E-state index contributed by atoms with van der Waals surface area (Å²) in [6.07, 6.45) is 13.5. The number of hydrogen-bond acceptors (Lipinski definition) is 3. The van der Waals surface area contributed by atoms with E-state index in [9.17, 15) is 0 Å². The molecular formula is C18H29N3. The van der Waals surface area contributed by atoms with Gasteiger partial charge >= 0.3 is 0 Å². The highest BCUT2D eigenvalue weighted by Gasteiger charge is 2.27. The zero-order valence-corrected chi connectivity index (χ0v) is 13.3. The van der Waals surface area contributed by atoms with E-state index < -0.39 is 0 Å². The lowest BCUT2D eigenvalue weighted by Crippen LogP contribution is -2.44. The van der Waals surface area contributed by atoms with E-state index in [-0.39, 0.29) is 0 Å². The minimum absolute atomic E-state index is 0.435. The van der Waals surface area contributed by atoms with Crippen molar-refractivity contribution >= 4 is 0 Å². The maximum absolute atomic E-state index is 4.10. The molecule has 2 heterocycles. The SMILES string of the molecule is CC(NC1CCC(N2CCCCC2)CC1)c1ccncc1. The van der Waals surface area contributed by atoms with E-state index in [1.807, 2.05) is 12.4 Å². The van der Waals surface area contributed by atoms with Crippen molar-refractivity contribution in [2.75, 3.05) is 13.1 Å². The van der Waals surface area contributed by atoms with Gasteiger partial charge in [-0.15, -0.1) is 0 Å². The largest absolute Gasteiger partial charge is 0.307 e. The van der Waals surface area contributed by atoms with Gasteiger partial charge in [-0.25, -0.2) is 0 Å². The van der Waals surface area contributed by atoms with Gasteiger partial charge in [0.25, 0.3) is 0 Å². The van der Waals surface area contributed by atoms with E-state index in [0.29, 0.717) is 12.1 Å². The van der Waals surface area contributed by atoms with E-state index in [1.165, 1.54) is 63.6 Å². The predicted molar refractivity (Wildman–Crippen MR) is 87.3 cm³/mol. The molecule has 3 nitrogen and oxygen atoms in total. The molecule has 21 heavy (non-hydrogen) atoms. The Hall–Kier alpha value is -0.930. The average molecular weight is 287 g/mol. The van der Waals surface area contributed by atoms with Crippen LogP contribution in [0, 0.1) is 0 Å². The van der Waals surface area contributed by atoms with Crippen LogP contribution in [0.15, 0.2) is 24.5 Å². The third-order valence-electron chi connectivity index (χ3n) is 5.30. The lowest BCUT2D eigenvalue weighted by atomic mass is 9.88. The number of aromatic nitrogens is 1. The molecule has 116 valence electrons. The first-order valence-corrected chi connectivity index (χ1v) is 8.73. The maximum atomic E-state index is 4.10. The molecule has 1 aliphatic carbocycles. The summed E-state index contributed by atoms with van der Waals surface area (Å²) in [5, 5.41) is 3.81. The summed E-state index contributed by atoms with van der Waals surface area (Å²) >= 11 is 0. The number of nitrogens with one attached hydrogen (secondary N) is 1. The molecule has 0 bridgehead atoms. The molecule has 2 fully saturated rings. The van der Waals surface area contributed by atoms with Crippen molar-refractivity contribution in [2.45, 2.75) is 70.0 Å². The first-order chi connectivity index (χ1) is 10.3. The predicted octanol–water partition coefficient (Wildman–Crippen LogP) is 3.53. The standard InChI is InChI=1S/C18H29N3/c1-15(16-9-11-19-12-10-16)20-17-5-7-18(8-6-17)21-13-3-2-4-14-21/h9-12,15,17-18,20H,2-8,13-14H2,1H3. The third-order valence-corrected chi connectivity index (χ3v) is 5.30. The van der Waals surface area contributed by atoms with Gasteiger partial charge in [-0.3, -0.25) is 4.98 Å². The first-order valence-electron chi connectivity index (χ1n) is 8.73. The van der Waals surface area contributed by atoms with Crippen molar-refractivity contribution in [1.82, 2.24) is 15.2 Å². The van der Waals surface area contributed by atoms with Crippen molar-refractivity contribution < 1.29 is 0 Å². The smallest absolute Gasteiger partial charge is 0.0295 e. The van der Waals surface area contributed by atoms with Crippen LogP contribution < -0.4 is 5.32 Å². The molecule has 1 N–H and O–H groups in total. The zero-order valence-electron chi connectivity index (χ0n) is 13.3. The second-order valence-electron chi connectivity index (χ2n) is 6.77. The Morgan fingerprint density at radius 3 is 2.38 bits per heavy atom. The molecule has 0 spiro atoms. The number of rotatable bonds is 4. The fraction of sp³-hybridized carbons (Fsp3) is 0.722. The van der Waals surface area contributed by atoms with Crippen LogP contribution in [0.25, 0.3) is 0 Å². The number of hydrogen-bond donors (Lipinski definition) is 1. The Balaban J connectivity index is 1.45. The number of pyridine rings is 1. The molecule has 0 amide bonds. The van der Waals surface area contributed by atoms with E-state index in [0.717, 1.165) is 6.04 Å². The van der Waals surface area contributed by atoms with Gasteiger partial charge in [-0.05, 0) is 76.2 Å². The second-order valence-corrected chi connectivity index (χ2v) is 6.77. The van der Waals surface area contributed by atoms with Crippen LogP contribution in [0.5, 0.6) is 0 Å². The highest BCUT2D eigenvalue weighted by Crippen LogP contribution is 2.27. The topological polar surface area (TPSA) is 28.2 Å². The average Bonchev–Trinajstić information content (AvgIpc) is 2.57. The molecule has 0 aromatic carbocycles. The molecule has 3 rings (SSSR count). The lowest BCUT2D eigenvalue weighted by molar-refractivity contribution is 0.119. The molecule has 1 unspecified atom stereocenters. The highest BCUT2D eigenvalue weighted by atomic mass is 15.2. The second kappa shape index (κ2) is 7.37. The fourth-order valence-electron chi connectivity index (χ4n) is 3.99. The molecule has 3 heteroatoms. The van der Waals surface area contributed by atoms with Crippen LogP contribution in [0.2, 0.25) is 0 Å². The maximum Gasteiger partial charge on any atom is 0.0295 e. The summed E-state index contributed by atoms with van der Waals surface area (Å²) in [6.45, 7) is 4.96. The van der Waals surface area contributed by atoms with E-state index in [2.05, 4.69) is 34.3 Å². The van der Waals surface area contributed by atoms with Crippen LogP contribution in [-0.4, -0.2) is 35.1 Å². The molecule has 1 atom stereocenters. The number of likely N-dealkylation sites (tertiary alicyclic amines) is 1. The Kier molecular flexibility index (Phi) is 5.26. The number of piperidine rings is 1. The molecule has 1 saturated heterocycles. The van der Waals surface area contributed by atoms with Gasteiger partial charge < -0.3 is 10.2 Å². The van der Waals surface area contributed by atoms with Crippen molar-refractivity contribution in [3.05, 3.63) is 30.1 Å². The van der Waals surface area contributed by atoms with Crippen molar-refractivity contribution in [1.29, 1.82) is 0 Å². The van der Waals surface area contributed by atoms with E-state index >= 15 is 0 Å². The van der Waals surface area contributed by atoms with E-state index in [4.69, 9.17) is 0 Å². The van der Waals surface area contributed by atoms with E-state index in [1.54, 1.807) is 0 Å². The van der Waals surface area contributed by atoms with Crippen LogP contribution >= 0.6 is 0 Å². The molecular weight excluding hydrogens is 258 g/mol. The summed E-state index contributed by atoms with van der Waals surface area (Å²) in [5.41, 5.74) is 1.35. The van der Waals surface area contributed by atoms with Crippen LogP contribution in [0.4, 0.5) is 0 Å². The summed E-state index contributed by atoms with van der Waals surface area (Å²) in [7, 11) is 0. The first kappa shape index (κ1) is 15.0. The fourth-order valence-corrected chi connectivity index (χ4v) is 3.99. The van der Waals surface area contributed by atoms with Crippen LogP contribution in [0.1, 0.15) is 63.5 Å². The third kappa shape index (κ3) is 4.04. The van der Waals surface area contributed by atoms with Crippen molar-refractivity contribution in [2.24, 2.45) is 0 Å². The summed E-state index contributed by atoms with van der Waals surface area (Å²) in [4.78, 5) is 6.86. The zero-order chi connectivity index (χ0) is 14.5. The van der Waals surface area contributed by atoms with Gasteiger partial charge in [0.05, 0.1) is 0 Å². The van der Waals surface area contributed by atoms with Gasteiger partial charge in [0.2, 0.25) is 0 Å². The molecule has 0 radical (unpaired) electrons. The van der Waals surface area contributed by atoms with Crippen LogP contribution in [0.3, 0.4) is 0 Å². The van der Waals surface area contributed by atoms with Crippen LogP contribution in [-0.2, 0) is 0 Å². The quantitative estimate of drug-likeness (QED) is 0.918. The summed E-state index contributed by atoms with van der Waals surface area (Å²) in [6, 6.07) is 6.23. The monoisotopic (exact) mass is 287 g/mol. The minimum Gasteiger partial charge on any atom is -0.307 e. The molecule has 2 aliphatic rings. The molecule has 1 saturated carbocycles. The minimum atomic E-state index is 0.435. The van der Waals surface area contributed by atoms with Crippen molar-refractivity contribution in [3.63, 3.8) is 0 Å². The summed E-state index contributed by atoms with van der Waals surface area (Å²) < 4.78 is 0. The van der Waals surface area contributed by atoms with Gasteiger partial charge in [0, 0.05) is 30.5 Å². The lowest BCUT2D eigenvalue weighted by Gasteiger charge is -2.39. The van der Waals surface area contributed by atoms with Gasteiger partial charge in [0.1, 0.15) is 0 Å². The Morgan fingerprint density at radius 2 is 1.71 bits per heavy atom. The summed E-state index contributed by atoms with van der Waals surface area (Å²) in [5.74, 6) is 0. The number of nitrogens with zero attached hydrogens (tertiary/aromatic N) is 2. The Labute approximate surface area is 129 Å². The Morgan fingerprint density at radius 1 is 1.05 bits per heavy atom. The highest BCUT2D eigenvalue weighted by molar-refractivity contribution is 5.14. The molecule has 1 aliphatic heterocycles. The van der Waals surface area contributed by atoms with Crippen molar-refractivity contribution in [3.8, 4) is 0 Å². The van der Waals surface area contributed by atoms with Gasteiger partial charge in [0.15, 0.2) is 0 Å².